The molecule has 0 aliphatic carbocycles. The first-order chi connectivity index (χ1) is 7.40. The van der Waals surface area contributed by atoms with Crippen molar-refractivity contribution in [1.82, 2.24) is 4.90 Å². The van der Waals surface area contributed by atoms with Crippen molar-refractivity contribution in [2.45, 2.75) is 26.3 Å². The van der Waals surface area contributed by atoms with Gasteiger partial charge >= 0.3 is 0 Å². The minimum Gasteiger partial charge on any atom is -0.385 e. The quantitative estimate of drug-likeness (QED) is 0.811. The maximum absolute atomic E-state index is 3.42. The van der Waals surface area contributed by atoms with Crippen LogP contribution in [0.3, 0.4) is 0 Å². The second-order valence-corrected chi connectivity index (χ2v) is 4.17. The van der Waals surface area contributed by atoms with Crippen LogP contribution in [-0.4, -0.2) is 24.5 Å². The summed E-state index contributed by atoms with van der Waals surface area (Å²) < 4.78 is 0. The molecule has 0 saturated carbocycles. The van der Waals surface area contributed by atoms with Crippen molar-refractivity contribution in [2.24, 2.45) is 0 Å². The second-order valence-electron chi connectivity index (χ2n) is 4.17. The number of nitrogens with zero attached hydrogens (tertiary/aromatic N) is 1. The molecule has 1 aliphatic heterocycles. The highest BCUT2D eigenvalue weighted by molar-refractivity contribution is 5.50. The topological polar surface area (TPSA) is 15.3 Å². The lowest BCUT2D eigenvalue weighted by Crippen LogP contribution is -2.19. The Hall–Kier alpha value is -1.02. The molecule has 2 rings (SSSR count). The van der Waals surface area contributed by atoms with Gasteiger partial charge in [0.2, 0.25) is 0 Å². The molecule has 2 nitrogen and oxygen atoms in total. The fourth-order valence-corrected chi connectivity index (χ4v) is 2.20. The predicted molar refractivity (Wildman–Crippen MR) is 65.1 cm³/mol. The third kappa shape index (κ3) is 2.72. The van der Waals surface area contributed by atoms with Crippen molar-refractivity contribution in [3.63, 3.8) is 0 Å². The van der Waals surface area contributed by atoms with Crippen LogP contribution in [0.5, 0.6) is 0 Å². The number of hydrogen-bond acceptors (Lipinski definition) is 2. The first-order valence-electron chi connectivity index (χ1n) is 5.94. The van der Waals surface area contributed by atoms with Gasteiger partial charge in [-0.05, 0) is 44.5 Å². The van der Waals surface area contributed by atoms with Crippen LogP contribution >= 0.6 is 0 Å². The molecule has 1 aromatic rings. The van der Waals surface area contributed by atoms with Gasteiger partial charge in [0, 0.05) is 18.8 Å². The van der Waals surface area contributed by atoms with Crippen molar-refractivity contribution in [3.05, 3.63) is 29.8 Å². The summed E-state index contributed by atoms with van der Waals surface area (Å²) in [6.07, 6.45) is 2.73. The Morgan fingerprint density at radius 1 is 1.20 bits per heavy atom. The second kappa shape index (κ2) is 5.17. The van der Waals surface area contributed by atoms with Crippen molar-refractivity contribution < 1.29 is 0 Å². The first kappa shape index (κ1) is 10.5. The molecule has 1 aromatic carbocycles. The fourth-order valence-electron chi connectivity index (χ4n) is 2.20. The Kier molecular flexibility index (Phi) is 3.62. The zero-order valence-electron chi connectivity index (χ0n) is 9.50. The van der Waals surface area contributed by atoms with E-state index in [0.29, 0.717) is 0 Å². The van der Waals surface area contributed by atoms with E-state index in [1.54, 1.807) is 0 Å². The summed E-state index contributed by atoms with van der Waals surface area (Å²) in [5.41, 5.74) is 2.73. The van der Waals surface area contributed by atoms with E-state index in [1.807, 2.05) is 0 Å². The molecule has 0 unspecified atom stereocenters. The monoisotopic (exact) mass is 204 g/mol. The van der Waals surface area contributed by atoms with Crippen LogP contribution in [0.4, 0.5) is 5.69 Å². The van der Waals surface area contributed by atoms with Crippen LogP contribution < -0.4 is 5.32 Å². The average molecular weight is 204 g/mol. The number of benzene rings is 1. The van der Waals surface area contributed by atoms with E-state index < -0.39 is 0 Å². The summed E-state index contributed by atoms with van der Waals surface area (Å²) in [6, 6.07) is 8.64. The highest BCUT2D eigenvalue weighted by atomic mass is 15.1. The summed E-state index contributed by atoms with van der Waals surface area (Å²) in [4.78, 5) is 2.54. The molecular weight excluding hydrogens is 184 g/mol. The maximum atomic E-state index is 3.42. The molecule has 1 N–H and O–H groups in total. The molecule has 2 heteroatoms. The molecule has 15 heavy (non-hydrogen) atoms. The minimum atomic E-state index is 0.997. The van der Waals surface area contributed by atoms with Crippen LogP contribution in [0.2, 0.25) is 0 Å². The molecule has 0 aromatic heterocycles. The van der Waals surface area contributed by atoms with E-state index >= 15 is 0 Å². The third-order valence-electron chi connectivity index (χ3n) is 2.98. The summed E-state index contributed by atoms with van der Waals surface area (Å²) in [7, 11) is 0. The van der Waals surface area contributed by atoms with E-state index in [0.717, 1.165) is 13.1 Å². The summed E-state index contributed by atoms with van der Waals surface area (Å²) in [5.74, 6) is 0. The van der Waals surface area contributed by atoms with E-state index in [-0.39, 0.29) is 0 Å². The lowest BCUT2D eigenvalue weighted by Gasteiger charge is -2.17. The third-order valence-corrected chi connectivity index (χ3v) is 2.98. The Balaban J connectivity index is 2.05. The van der Waals surface area contributed by atoms with Gasteiger partial charge in [0.1, 0.15) is 0 Å². The zero-order valence-corrected chi connectivity index (χ0v) is 9.50. The molecule has 1 saturated heterocycles. The normalized spacial score (nSPS) is 16.9. The highest BCUT2D eigenvalue weighted by Crippen LogP contribution is 2.19. The van der Waals surface area contributed by atoms with Crippen LogP contribution in [0.1, 0.15) is 25.3 Å². The molecule has 0 bridgehead atoms. The number of anilines is 1. The Labute approximate surface area is 92.3 Å². The smallest absolute Gasteiger partial charge is 0.0385 e. The van der Waals surface area contributed by atoms with E-state index in [1.165, 1.54) is 37.2 Å². The molecule has 1 fully saturated rings. The van der Waals surface area contributed by atoms with Gasteiger partial charge in [-0.25, -0.2) is 0 Å². The van der Waals surface area contributed by atoms with Gasteiger partial charge in [0.15, 0.2) is 0 Å². The van der Waals surface area contributed by atoms with Gasteiger partial charge < -0.3 is 5.32 Å². The summed E-state index contributed by atoms with van der Waals surface area (Å²) >= 11 is 0. The molecule has 1 heterocycles. The predicted octanol–water partition coefficient (Wildman–Crippen LogP) is 2.71. The van der Waals surface area contributed by atoms with Gasteiger partial charge in [0.05, 0.1) is 0 Å². The SMILES string of the molecule is CCNc1ccccc1CN1CCCC1. The van der Waals surface area contributed by atoms with Crippen molar-refractivity contribution in [1.29, 1.82) is 0 Å². The molecule has 0 amide bonds. The lowest BCUT2D eigenvalue weighted by atomic mass is 10.1. The average Bonchev–Trinajstić information content (AvgIpc) is 2.74. The van der Waals surface area contributed by atoms with Crippen LogP contribution in [0, 0.1) is 0 Å². The lowest BCUT2D eigenvalue weighted by molar-refractivity contribution is 0.332. The van der Waals surface area contributed by atoms with Crippen LogP contribution in [0.15, 0.2) is 24.3 Å². The summed E-state index contributed by atoms with van der Waals surface area (Å²) in [6.45, 7) is 6.77. The Morgan fingerprint density at radius 3 is 2.67 bits per heavy atom. The standard InChI is InChI=1S/C13H20N2/c1-2-14-13-8-4-3-7-12(13)11-15-9-5-6-10-15/h3-4,7-8,14H,2,5-6,9-11H2,1H3. The van der Waals surface area contributed by atoms with Crippen molar-refractivity contribution in [2.75, 3.05) is 25.0 Å². The Morgan fingerprint density at radius 2 is 1.93 bits per heavy atom. The number of likely N-dealkylation sites (tertiary alicyclic amines) is 1. The van der Waals surface area contributed by atoms with Crippen molar-refractivity contribution in [3.8, 4) is 0 Å². The molecule has 0 radical (unpaired) electrons. The van der Waals surface area contributed by atoms with E-state index in [9.17, 15) is 0 Å². The molecular formula is C13H20N2. The van der Waals surface area contributed by atoms with Gasteiger partial charge in [-0.15, -0.1) is 0 Å². The molecule has 0 spiro atoms. The van der Waals surface area contributed by atoms with Gasteiger partial charge in [-0.1, -0.05) is 18.2 Å². The number of para-hydroxylation sites is 1. The number of rotatable bonds is 4. The molecule has 0 atom stereocenters. The first-order valence-corrected chi connectivity index (χ1v) is 5.94. The molecule has 1 aliphatic rings. The highest BCUT2D eigenvalue weighted by Gasteiger charge is 2.12. The van der Waals surface area contributed by atoms with Gasteiger partial charge in [-0.3, -0.25) is 4.90 Å². The number of nitrogens with one attached hydrogen (secondary N) is 1. The van der Waals surface area contributed by atoms with Gasteiger partial charge in [-0.2, -0.15) is 0 Å². The fraction of sp³-hybridized carbons (Fsp3) is 0.538. The zero-order chi connectivity index (χ0) is 10.5. The van der Waals surface area contributed by atoms with Crippen LogP contribution in [-0.2, 0) is 6.54 Å². The maximum Gasteiger partial charge on any atom is 0.0385 e. The largest absolute Gasteiger partial charge is 0.385 e. The van der Waals surface area contributed by atoms with E-state index in [2.05, 4.69) is 41.4 Å². The van der Waals surface area contributed by atoms with Crippen LogP contribution in [0.25, 0.3) is 0 Å². The summed E-state index contributed by atoms with van der Waals surface area (Å²) in [5, 5.41) is 3.42. The van der Waals surface area contributed by atoms with Gasteiger partial charge in [0.25, 0.3) is 0 Å². The Bertz CT molecular complexity index is 303. The van der Waals surface area contributed by atoms with E-state index in [4.69, 9.17) is 0 Å². The minimum absolute atomic E-state index is 0.997. The van der Waals surface area contributed by atoms with Crippen molar-refractivity contribution >= 4 is 5.69 Å². The molecule has 82 valence electrons. The number of hydrogen-bond donors (Lipinski definition) is 1.